The van der Waals surface area contributed by atoms with Gasteiger partial charge in [-0.15, -0.1) is 0 Å². The van der Waals surface area contributed by atoms with Crippen molar-refractivity contribution in [1.82, 2.24) is 14.8 Å². The van der Waals surface area contributed by atoms with Gasteiger partial charge in [-0.3, -0.25) is 0 Å². The van der Waals surface area contributed by atoms with Crippen molar-refractivity contribution in [1.29, 1.82) is 0 Å². The van der Waals surface area contributed by atoms with Gasteiger partial charge in [-0.1, -0.05) is 42.0 Å². The highest BCUT2D eigenvalue weighted by Crippen LogP contribution is 2.51. The Labute approximate surface area is 197 Å². The van der Waals surface area contributed by atoms with E-state index < -0.39 is 0 Å². The fourth-order valence-corrected chi connectivity index (χ4v) is 4.70. The molecule has 6 rings (SSSR count). The summed E-state index contributed by atoms with van der Waals surface area (Å²) in [5.74, 6) is 3.03. The molecule has 7 nitrogen and oxygen atoms in total. The zero-order valence-corrected chi connectivity index (χ0v) is 19.1. The Morgan fingerprint density at radius 2 is 1.59 bits per heavy atom. The van der Waals surface area contributed by atoms with Gasteiger partial charge in [0.25, 0.3) is 0 Å². The maximum atomic E-state index is 6.68. The summed E-state index contributed by atoms with van der Waals surface area (Å²) in [6.07, 6.45) is 1.26. The van der Waals surface area contributed by atoms with Gasteiger partial charge in [-0.05, 0) is 48.4 Å². The number of aryl methyl sites for hydroxylation is 1. The summed E-state index contributed by atoms with van der Waals surface area (Å²) in [6.45, 7) is 2.09. The molecule has 1 aromatic heterocycles. The standard InChI is InChI=1S/C27H24N4O3/c1-16-4-6-18(7-5-16)26-23-24(21-14-20(33-3)12-13-22(21)34-26)30-27-28-15-29-31(27)25(23)17-8-10-19(32-2)11-9-17/h4-15,25-26H,1-3H3,(H,28,29,30)/t25-,26+/m1/s1. The zero-order valence-electron chi connectivity index (χ0n) is 19.1. The van der Waals surface area contributed by atoms with Crippen molar-refractivity contribution in [2.45, 2.75) is 19.1 Å². The van der Waals surface area contributed by atoms with Crippen LogP contribution in [0.15, 0.2) is 78.6 Å². The Morgan fingerprint density at radius 1 is 0.882 bits per heavy atom. The van der Waals surface area contributed by atoms with Crippen molar-refractivity contribution in [3.8, 4) is 17.2 Å². The molecule has 0 bridgehead atoms. The van der Waals surface area contributed by atoms with Crippen molar-refractivity contribution in [2.24, 2.45) is 0 Å². The molecule has 7 heteroatoms. The number of fused-ring (bicyclic) bond motifs is 3. The topological polar surface area (TPSA) is 70.4 Å². The van der Waals surface area contributed by atoms with Crippen LogP contribution in [0, 0.1) is 6.92 Å². The van der Waals surface area contributed by atoms with Gasteiger partial charge in [0.05, 0.1) is 19.9 Å². The molecule has 0 fully saturated rings. The molecule has 0 aliphatic carbocycles. The number of ether oxygens (including phenoxy) is 3. The molecule has 0 saturated carbocycles. The van der Waals surface area contributed by atoms with Crippen LogP contribution in [0.2, 0.25) is 0 Å². The van der Waals surface area contributed by atoms with Crippen LogP contribution in [-0.2, 0) is 0 Å². The summed E-state index contributed by atoms with van der Waals surface area (Å²) >= 11 is 0. The number of rotatable bonds is 4. The number of nitrogens with one attached hydrogen (secondary N) is 1. The Bertz CT molecular complexity index is 1390. The fraction of sp³-hybridized carbons (Fsp3) is 0.185. The van der Waals surface area contributed by atoms with Gasteiger partial charge in [0.2, 0.25) is 5.95 Å². The van der Waals surface area contributed by atoms with Gasteiger partial charge in [-0.25, -0.2) is 4.68 Å². The van der Waals surface area contributed by atoms with E-state index in [-0.39, 0.29) is 12.1 Å². The third-order valence-electron chi connectivity index (χ3n) is 6.43. The van der Waals surface area contributed by atoms with E-state index in [9.17, 15) is 0 Å². The monoisotopic (exact) mass is 452 g/mol. The second-order valence-electron chi connectivity index (χ2n) is 8.43. The highest BCUT2D eigenvalue weighted by Gasteiger charge is 2.41. The molecule has 4 aromatic rings. The van der Waals surface area contributed by atoms with Gasteiger partial charge in [0.15, 0.2) is 0 Å². The molecule has 0 radical (unpaired) electrons. The van der Waals surface area contributed by atoms with E-state index in [1.807, 2.05) is 35.0 Å². The summed E-state index contributed by atoms with van der Waals surface area (Å²) in [7, 11) is 3.34. The minimum Gasteiger partial charge on any atom is -0.497 e. The first-order valence-corrected chi connectivity index (χ1v) is 11.1. The largest absolute Gasteiger partial charge is 0.497 e. The number of benzene rings is 3. The van der Waals surface area contributed by atoms with Crippen LogP contribution in [-0.4, -0.2) is 29.0 Å². The van der Waals surface area contributed by atoms with Crippen molar-refractivity contribution in [3.05, 3.63) is 101 Å². The van der Waals surface area contributed by atoms with Gasteiger partial charge in [0.1, 0.15) is 35.7 Å². The molecule has 0 saturated heterocycles. The first-order chi connectivity index (χ1) is 16.7. The van der Waals surface area contributed by atoms with Crippen LogP contribution in [0.3, 0.4) is 0 Å². The first-order valence-electron chi connectivity index (χ1n) is 11.1. The van der Waals surface area contributed by atoms with Crippen LogP contribution in [0.25, 0.3) is 5.70 Å². The Morgan fingerprint density at radius 3 is 2.32 bits per heavy atom. The van der Waals surface area contributed by atoms with Crippen LogP contribution >= 0.6 is 0 Å². The number of hydrogen-bond donors (Lipinski definition) is 1. The number of hydrogen-bond acceptors (Lipinski definition) is 6. The van der Waals surface area contributed by atoms with E-state index in [1.165, 1.54) is 5.56 Å². The minimum atomic E-state index is -0.312. The Hall–Kier alpha value is -4.26. The van der Waals surface area contributed by atoms with Crippen molar-refractivity contribution in [3.63, 3.8) is 0 Å². The second kappa shape index (κ2) is 7.95. The summed E-state index contributed by atoms with van der Waals surface area (Å²) in [5.41, 5.74) is 6.30. The van der Waals surface area contributed by atoms with E-state index in [0.717, 1.165) is 45.2 Å². The number of aromatic nitrogens is 3. The SMILES string of the molecule is COc1ccc([C@@H]2C3=C(Nc4ncnn42)c2cc(OC)ccc2O[C@H]3c2ccc(C)cc2)cc1. The smallest absolute Gasteiger partial charge is 0.226 e. The summed E-state index contributed by atoms with van der Waals surface area (Å²) < 4.78 is 19.5. The highest BCUT2D eigenvalue weighted by molar-refractivity contribution is 5.85. The Kier molecular flexibility index (Phi) is 4.76. The molecule has 0 spiro atoms. The molecule has 2 atom stereocenters. The van der Waals surface area contributed by atoms with Crippen LogP contribution in [0.4, 0.5) is 5.95 Å². The van der Waals surface area contributed by atoms with Crippen LogP contribution in [0.5, 0.6) is 17.2 Å². The van der Waals surface area contributed by atoms with E-state index in [4.69, 9.17) is 14.2 Å². The van der Waals surface area contributed by atoms with Crippen molar-refractivity contribution < 1.29 is 14.2 Å². The molecule has 3 heterocycles. The molecule has 2 aliphatic heterocycles. The maximum absolute atomic E-state index is 6.68. The van der Waals surface area contributed by atoms with Gasteiger partial charge < -0.3 is 19.5 Å². The zero-order chi connectivity index (χ0) is 23.2. The molecule has 170 valence electrons. The van der Waals surface area contributed by atoms with Gasteiger partial charge in [0, 0.05) is 11.1 Å². The van der Waals surface area contributed by atoms with Gasteiger partial charge in [-0.2, -0.15) is 10.1 Å². The lowest BCUT2D eigenvalue weighted by atomic mass is 9.84. The predicted molar refractivity (Wildman–Crippen MR) is 129 cm³/mol. The van der Waals surface area contributed by atoms with E-state index in [0.29, 0.717) is 5.95 Å². The fourth-order valence-electron chi connectivity index (χ4n) is 4.70. The molecular weight excluding hydrogens is 428 g/mol. The van der Waals surface area contributed by atoms with Crippen LogP contribution in [0.1, 0.15) is 34.4 Å². The average Bonchev–Trinajstić information content (AvgIpc) is 3.35. The third kappa shape index (κ3) is 3.20. The summed E-state index contributed by atoms with van der Waals surface area (Å²) in [4.78, 5) is 4.49. The minimum absolute atomic E-state index is 0.217. The number of nitrogens with zero attached hydrogens (tertiary/aromatic N) is 3. The Balaban J connectivity index is 1.61. The normalized spacial score (nSPS) is 18.2. The molecule has 2 aliphatic rings. The molecule has 34 heavy (non-hydrogen) atoms. The average molecular weight is 453 g/mol. The maximum Gasteiger partial charge on any atom is 0.226 e. The first kappa shape index (κ1) is 20.4. The van der Waals surface area contributed by atoms with Crippen molar-refractivity contribution >= 4 is 11.6 Å². The molecule has 0 unspecified atom stereocenters. The molecular formula is C27H24N4O3. The number of anilines is 1. The quantitative estimate of drug-likeness (QED) is 0.461. The lowest BCUT2D eigenvalue weighted by Gasteiger charge is -2.39. The summed E-state index contributed by atoms with van der Waals surface area (Å²) in [5, 5.41) is 8.11. The van der Waals surface area contributed by atoms with Gasteiger partial charge >= 0.3 is 0 Å². The second-order valence-corrected chi connectivity index (χ2v) is 8.43. The molecule has 3 aromatic carbocycles. The predicted octanol–water partition coefficient (Wildman–Crippen LogP) is 5.16. The summed E-state index contributed by atoms with van der Waals surface area (Å²) in [6, 6.07) is 22.2. The van der Waals surface area contributed by atoms with E-state index in [2.05, 4.69) is 58.7 Å². The van der Waals surface area contributed by atoms with E-state index in [1.54, 1.807) is 20.5 Å². The lowest BCUT2D eigenvalue weighted by Crippen LogP contribution is -2.32. The third-order valence-corrected chi connectivity index (χ3v) is 6.43. The molecule has 0 amide bonds. The van der Waals surface area contributed by atoms with Crippen molar-refractivity contribution in [2.75, 3.05) is 19.5 Å². The van der Waals surface area contributed by atoms with E-state index >= 15 is 0 Å². The molecule has 1 N–H and O–H groups in total. The van der Waals surface area contributed by atoms with Crippen LogP contribution < -0.4 is 19.5 Å². The lowest BCUT2D eigenvalue weighted by molar-refractivity contribution is 0.222. The number of methoxy groups -OCH3 is 2. The highest BCUT2D eigenvalue weighted by atomic mass is 16.5.